The van der Waals surface area contributed by atoms with Crippen LogP contribution in [0.2, 0.25) is 6.55 Å². The van der Waals surface area contributed by atoms with Crippen LogP contribution in [0.3, 0.4) is 0 Å². The number of esters is 3. The summed E-state index contributed by atoms with van der Waals surface area (Å²) in [4.78, 5) is 41.3. The second kappa shape index (κ2) is 20.6. The lowest BCUT2D eigenvalue weighted by Gasteiger charge is -2.32. The third-order valence-electron chi connectivity index (χ3n) is 3.23. The van der Waals surface area contributed by atoms with Gasteiger partial charge in [0.1, 0.15) is 18.3 Å². The molecule has 0 fully saturated rings. The van der Waals surface area contributed by atoms with Crippen LogP contribution in [-0.2, 0) is 46.7 Å². The van der Waals surface area contributed by atoms with Crippen LogP contribution in [0.15, 0.2) is 24.7 Å². The van der Waals surface area contributed by atoms with Gasteiger partial charge in [-0.1, -0.05) is 13.5 Å². The Morgan fingerprint density at radius 2 is 1.25 bits per heavy atom. The average Bonchev–Trinajstić information content (AvgIpc) is 2.70. The summed E-state index contributed by atoms with van der Waals surface area (Å²) in [5.41, 5.74) is 0.0967. The molecule has 0 heterocycles. The average molecular weight is 495 g/mol. The molecule has 12 heteroatoms. The highest BCUT2D eigenvalue weighted by molar-refractivity contribution is 6.67. The van der Waals surface area contributed by atoms with Crippen LogP contribution in [-0.4, -0.2) is 61.9 Å². The first kappa shape index (κ1) is 34.3. The van der Waals surface area contributed by atoms with Gasteiger partial charge in [-0.3, -0.25) is 14.4 Å². The lowest BCUT2D eigenvalue weighted by molar-refractivity contribution is -0.142. The van der Waals surface area contributed by atoms with Gasteiger partial charge in [-0.2, -0.15) is 0 Å². The molecule has 10 nitrogen and oxygen atoms in total. The predicted molar refractivity (Wildman–Crippen MR) is 124 cm³/mol. The number of carbonyl (C=O) groups is 4. The smallest absolute Gasteiger partial charge is 0.377 e. The standard InChI is InChI=1S/C12H24O4Si.C6H8O4.C2H6O2Si/c1-7-11(16-12(13)10(4)5)17(6,14-8-2)15-9-3;1-5(7)9-3-4-10-6(2)8;1-2(3)4-5/h11H,4,7-9H2,1-3,5-6H3;3-4H,1-2H3;1,5H3. The lowest BCUT2D eigenvalue weighted by atomic mass is 10.4. The maximum absolute atomic E-state index is 11.6. The van der Waals surface area contributed by atoms with Crippen LogP contribution >= 0.6 is 0 Å². The van der Waals surface area contributed by atoms with Crippen LogP contribution < -0.4 is 0 Å². The first-order valence-corrected chi connectivity index (χ1v) is 13.2. The van der Waals surface area contributed by atoms with E-state index in [2.05, 4.69) is 20.5 Å². The van der Waals surface area contributed by atoms with Gasteiger partial charge in [0.25, 0.3) is 5.97 Å². The van der Waals surface area contributed by atoms with Gasteiger partial charge in [0.15, 0.2) is 0 Å². The maximum Gasteiger partial charge on any atom is 0.377 e. The second-order valence-corrected chi connectivity index (χ2v) is 9.81. The van der Waals surface area contributed by atoms with E-state index in [4.69, 9.17) is 13.6 Å². The molecule has 0 aliphatic heterocycles. The van der Waals surface area contributed by atoms with Crippen molar-refractivity contribution < 1.29 is 46.7 Å². The van der Waals surface area contributed by atoms with Gasteiger partial charge in [0.2, 0.25) is 10.5 Å². The van der Waals surface area contributed by atoms with Crippen LogP contribution in [0.4, 0.5) is 0 Å². The summed E-state index contributed by atoms with van der Waals surface area (Å²) in [5.74, 6) is -1.47. The molecule has 0 aliphatic rings. The summed E-state index contributed by atoms with van der Waals surface area (Å²) in [6.07, 6.45) is 2.69. The molecule has 0 bridgehead atoms. The molecule has 0 aromatic heterocycles. The molecular weight excluding hydrogens is 456 g/mol. The van der Waals surface area contributed by atoms with E-state index in [9.17, 15) is 19.2 Å². The number of ether oxygens (including phenoxy) is 3. The summed E-state index contributed by atoms with van der Waals surface area (Å²) in [6.45, 7) is 17.9. The van der Waals surface area contributed by atoms with Crippen molar-refractivity contribution in [2.75, 3.05) is 13.2 Å². The van der Waals surface area contributed by atoms with Gasteiger partial charge in [0, 0.05) is 39.6 Å². The highest BCUT2D eigenvalue weighted by atomic mass is 28.4. The zero-order chi connectivity index (χ0) is 25.7. The zero-order valence-corrected chi connectivity index (χ0v) is 23.6. The molecule has 0 radical (unpaired) electrons. The molecule has 0 amide bonds. The fourth-order valence-electron chi connectivity index (χ4n) is 1.84. The molecule has 0 N–H and O–H groups in total. The van der Waals surface area contributed by atoms with Crippen LogP contribution in [0.1, 0.15) is 54.9 Å². The van der Waals surface area contributed by atoms with Gasteiger partial charge in [0.05, 0.1) is 0 Å². The molecule has 1 atom stereocenters. The highest BCUT2D eigenvalue weighted by Gasteiger charge is 2.42. The molecule has 0 spiro atoms. The van der Waals surface area contributed by atoms with Gasteiger partial charge < -0.3 is 27.5 Å². The molecule has 0 saturated carbocycles. The molecule has 0 aromatic carbocycles. The van der Waals surface area contributed by atoms with Crippen LogP contribution in [0, 0.1) is 0 Å². The van der Waals surface area contributed by atoms with Crippen molar-refractivity contribution >= 4 is 42.9 Å². The van der Waals surface area contributed by atoms with Crippen molar-refractivity contribution in [2.45, 2.75) is 67.2 Å². The van der Waals surface area contributed by atoms with Crippen LogP contribution in [0.25, 0.3) is 0 Å². The Kier molecular flexibility index (Phi) is 22.1. The maximum atomic E-state index is 11.6. The van der Waals surface area contributed by atoms with Crippen molar-refractivity contribution in [1.82, 2.24) is 0 Å². The summed E-state index contributed by atoms with van der Waals surface area (Å²) in [5, 5.41) is 0. The Labute approximate surface area is 195 Å². The summed E-state index contributed by atoms with van der Waals surface area (Å²) < 4.78 is 29.7. The number of hydrogen-bond acceptors (Lipinski definition) is 10. The number of hydrogen-bond donors (Lipinski definition) is 0. The Balaban J connectivity index is -0.000000471. The van der Waals surface area contributed by atoms with Crippen molar-refractivity contribution in [3.8, 4) is 0 Å². The Bertz CT molecular complexity index is 596. The molecule has 0 aliphatic carbocycles. The Hall–Kier alpha value is -2.29. The van der Waals surface area contributed by atoms with E-state index in [0.717, 1.165) is 12.5 Å². The molecule has 32 heavy (non-hydrogen) atoms. The number of carbonyl (C=O) groups excluding carboxylic acids is 4. The first-order valence-electron chi connectivity index (χ1n) is 9.99. The Morgan fingerprint density at radius 1 is 0.875 bits per heavy atom. The Morgan fingerprint density at radius 3 is 1.47 bits per heavy atom. The summed E-state index contributed by atoms with van der Waals surface area (Å²) in [6, 6.07) is 0. The normalized spacial score (nSPS) is 11.1. The van der Waals surface area contributed by atoms with E-state index >= 15 is 0 Å². The van der Waals surface area contributed by atoms with Crippen molar-refractivity contribution in [3.63, 3.8) is 0 Å². The van der Waals surface area contributed by atoms with Gasteiger partial charge in [-0.25, -0.2) is 4.79 Å². The number of rotatable bonds is 10. The van der Waals surface area contributed by atoms with Crippen molar-refractivity contribution in [2.24, 2.45) is 0 Å². The highest BCUT2D eigenvalue weighted by Crippen LogP contribution is 2.19. The van der Waals surface area contributed by atoms with E-state index in [1.165, 1.54) is 20.8 Å². The fraction of sp³-hybridized carbons (Fsp3) is 0.600. The molecule has 1 unspecified atom stereocenters. The monoisotopic (exact) mass is 494 g/mol. The minimum Gasteiger partial charge on any atom is -0.529 e. The minimum absolute atomic E-state index is 0.184. The molecular formula is C20H38O10Si2. The SMILES string of the molecule is C=C(C)C(=O)OC(CC)[Si](C)(OCC)OCC.CC(=O)OC=COC(C)=O.CC(=O)O[SiH3]. The van der Waals surface area contributed by atoms with E-state index in [-0.39, 0.29) is 17.7 Å². The lowest BCUT2D eigenvalue weighted by Crippen LogP contribution is -2.52. The minimum atomic E-state index is -2.47. The molecule has 0 saturated heterocycles. The van der Waals surface area contributed by atoms with E-state index in [1.54, 1.807) is 6.92 Å². The van der Waals surface area contributed by atoms with Gasteiger partial charge >= 0.3 is 26.5 Å². The molecule has 0 rings (SSSR count). The quantitative estimate of drug-likeness (QED) is 0.146. The van der Waals surface area contributed by atoms with Crippen molar-refractivity contribution in [1.29, 1.82) is 0 Å². The van der Waals surface area contributed by atoms with Crippen LogP contribution in [0.5, 0.6) is 0 Å². The molecule has 186 valence electrons. The van der Waals surface area contributed by atoms with Crippen molar-refractivity contribution in [3.05, 3.63) is 24.7 Å². The van der Waals surface area contributed by atoms with E-state index in [0.29, 0.717) is 35.7 Å². The van der Waals surface area contributed by atoms with E-state index < -0.39 is 20.5 Å². The third-order valence-corrected chi connectivity index (χ3v) is 7.22. The summed E-state index contributed by atoms with van der Waals surface area (Å²) in [7, 11) is -1.95. The topological polar surface area (TPSA) is 124 Å². The van der Waals surface area contributed by atoms with E-state index in [1.807, 2.05) is 27.3 Å². The first-order chi connectivity index (χ1) is 14.8. The second-order valence-electron chi connectivity index (χ2n) is 6.15. The summed E-state index contributed by atoms with van der Waals surface area (Å²) >= 11 is 0. The molecule has 0 aromatic rings. The van der Waals surface area contributed by atoms with Gasteiger partial charge in [-0.05, 0) is 33.7 Å². The fourth-order valence-corrected chi connectivity index (χ4v) is 4.50. The zero-order valence-electron chi connectivity index (χ0n) is 20.6. The predicted octanol–water partition coefficient (Wildman–Crippen LogP) is 1.98. The largest absolute Gasteiger partial charge is 0.529 e. The van der Waals surface area contributed by atoms with Gasteiger partial charge in [-0.15, -0.1) is 0 Å². The third kappa shape index (κ3) is 21.0.